The molecule has 0 fully saturated rings. The average Bonchev–Trinajstić information content (AvgIpc) is 2.77. The van der Waals surface area contributed by atoms with Crippen LogP contribution >= 0.6 is 11.6 Å². The second kappa shape index (κ2) is 5.15. The topological polar surface area (TPSA) is 48.2 Å². The van der Waals surface area contributed by atoms with Crippen molar-refractivity contribution in [2.45, 2.75) is 26.3 Å². The van der Waals surface area contributed by atoms with E-state index in [1.54, 1.807) is 24.5 Å². The van der Waals surface area contributed by atoms with Crippen molar-refractivity contribution >= 4 is 23.7 Å². The Hall–Kier alpha value is -1.65. The summed E-state index contributed by atoms with van der Waals surface area (Å²) < 4.78 is 0. The lowest BCUT2D eigenvalue weighted by Crippen LogP contribution is -2.34. The molecule has 0 radical (unpaired) electrons. The Balaban J connectivity index is 2.20. The molecular formula is C14H16ClN3O. The van der Waals surface area contributed by atoms with Crippen molar-refractivity contribution in [2.75, 3.05) is 0 Å². The Morgan fingerprint density at radius 1 is 1.21 bits per heavy atom. The summed E-state index contributed by atoms with van der Waals surface area (Å²) >= 11 is 5.84. The van der Waals surface area contributed by atoms with Gasteiger partial charge in [-0.3, -0.25) is 10.3 Å². The van der Waals surface area contributed by atoms with Crippen LogP contribution in [-0.2, 0) is 0 Å². The first kappa shape index (κ1) is 13.8. The molecule has 100 valence electrons. The molecule has 0 aliphatic carbocycles. The van der Waals surface area contributed by atoms with Crippen LogP contribution in [0.2, 0.25) is 5.02 Å². The summed E-state index contributed by atoms with van der Waals surface area (Å²) in [6, 6.07) is 7.32. The van der Waals surface area contributed by atoms with Gasteiger partial charge < -0.3 is 0 Å². The second-order valence-corrected chi connectivity index (χ2v) is 5.71. The molecule has 1 aliphatic heterocycles. The quantitative estimate of drug-likeness (QED) is 0.841. The fourth-order valence-electron chi connectivity index (χ4n) is 1.43. The van der Waals surface area contributed by atoms with Gasteiger partial charge in [-0.1, -0.05) is 11.6 Å². The first-order valence-electron chi connectivity index (χ1n) is 5.95. The van der Waals surface area contributed by atoms with Gasteiger partial charge >= 0.3 is 0 Å². The number of aliphatic imine (C=N–C) groups is 2. The number of rotatable bonds is 2. The van der Waals surface area contributed by atoms with E-state index in [0.717, 1.165) is 10.6 Å². The zero-order valence-electron chi connectivity index (χ0n) is 11.1. The molecule has 0 spiro atoms. The van der Waals surface area contributed by atoms with Crippen LogP contribution in [0.1, 0.15) is 26.3 Å². The molecule has 1 heterocycles. The maximum absolute atomic E-state index is 9.85. The van der Waals surface area contributed by atoms with E-state index >= 15 is 0 Å². The third kappa shape index (κ3) is 3.43. The van der Waals surface area contributed by atoms with Gasteiger partial charge in [0.25, 0.3) is 0 Å². The minimum absolute atomic E-state index is 0.376. The van der Waals surface area contributed by atoms with Crippen LogP contribution in [0.4, 0.5) is 0 Å². The Kier molecular flexibility index (Phi) is 3.73. The average molecular weight is 278 g/mol. The van der Waals surface area contributed by atoms with Crippen LogP contribution in [-0.4, -0.2) is 27.9 Å². The van der Waals surface area contributed by atoms with Crippen molar-refractivity contribution in [3.8, 4) is 0 Å². The molecule has 19 heavy (non-hydrogen) atoms. The van der Waals surface area contributed by atoms with Gasteiger partial charge in [0.2, 0.25) is 0 Å². The predicted molar refractivity (Wildman–Crippen MR) is 77.9 cm³/mol. The maximum Gasteiger partial charge on any atom is 0.159 e. The normalized spacial score (nSPS) is 16.9. The van der Waals surface area contributed by atoms with Gasteiger partial charge in [0.05, 0.1) is 18.0 Å². The van der Waals surface area contributed by atoms with Crippen molar-refractivity contribution in [1.82, 2.24) is 5.06 Å². The van der Waals surface area contributed by atoms with Crippen LogP contribution in [0.5, 0.6) is 0 Å². The van der Waals surface area contributed by atoms with Crippen molar-refractivity contribution < 1.29 is 5.21 Å². The number of hydrogen-bond acceptors (Lipinski definition) is 4. The molecule has 0 aromatic heterocycles. The van der Waals surface area contributed by atoms with Gasteiger partial charge in [-0.15, -0.1) is 0 Å². The number of amidine groups is 1. The minimum atomic E-state index is -0.376. The van der Waals surface area contributed by atoms with Crippen molar-refractivity contribution in [3.63, 3.8) is 0 Å². The van der Waals surface area contributed by atoms with Crippen LogP contribution in [0, 0.1) is 0 Å². The Labute approximate surface area is 117 Å². The first-order valence-corrected chi connectivity index (χ1v) is 6.33. The van der Waals surface area contributed by atoms with E-state index in [1.807, 2.05) is 32.9 Å². The molecule has 0 saturated carbocycles. The molecule has 2 rings (SSSR count). The molecule has 1 aromatic rings. The van der Waals surface area contributed by atoms with Gasteiger partial charge in [-0.05, 0) is 45.0 Å². The summed E-state index contributed by atoms with van der Waals surface area (Å²) in [5.74, 6) is 0.616. The Bertz CT molecular complexity index is 553. The molecular weight excluding hydrogens is 262 g/mol. The van der Waals surface area contributed by atoms with Crippen molar-refractivity contribution in [1.29, 1.82) is 0 Å². The molecule has 0 saturated heterocycles. The zero-order valence-corrected chi connectivity index (χ0v) is 11.9. The third-order valence-electron chi connectivity index (χ3n) is 2.60. The van der Waals surface area contributed by atoms with Crippen LogP contribution < -0.4 is 0 Å². The predicted octanol–water partition coefficient (Wildman–Crippen LogP) is 3.50. The van der Waals surface area contributed by atoms with Gasteiger partial charge in [-0.25, -0.2) is 9.98 Å². The second-order valence-electron chi connectivity index (χ2n) is 5.27. The van der Waals surface area contributed by atoms with E-state index < -0.39 is 0 Å². The number of halogens is 1. The summed E-state index contributed by atoms with van der Waals surface area (Å²) in [6.07, 6.45) is 3.19. The van der Waals surface area contributed by atoms with Gasteiger partial charge in [0, 0.05) is 10.6 Å². The van der Waals surface area contributed by atoms with Crippen LogP contribution in [0.3, 0.4) is 0 Å². The van der Waals surface area contributed by atoms with Crippen molar-refractivity contribution in [2.24, 2.45) is 9.98 Å². The van der Waals surface area contributed by atoms with E-state index in [-0.39, 0.29) is 5.54 Å². The lowest BCUT2D eigenvalue weighted by molar-refractivity contribution is -0.110. The highest BCUT2D eigenvalue weighted by Gasteiger charge is 2.18. The summed E-state index contributed by atoms with van der Waals surface area (Å²) in [4.78, 5) is 8.58. The lowest BCUT2D eigenvalue weighted by Gasteiger charge is -2.27. The van der Waals surface area contributed by atoms with Gasteiger partial charge in [-0.2, -0.15) is 0 Å². The van der Waals surface area contributed by atoms with E-state index in [1.165, 1.54) is 0 Å². The molecule has 1 aliphatic rings. The standard InChI is InChI=1S/C14H16ClN3O/c1-14(2,3)18(19)9-12-8-16-13(17-12)10-4-6-11(15)7-5-10/h4-9,19H,1-3H3. The van der Waals surface area contributed by atoms with E-state index in [9.17, 15) is 5.21 Å². The summed E-state index contributed by atoms with van der Waals surface area (Å²) in [6.45, 7) is 5.71. The molecule has 0 amide bonds. The monoisotopic (exact) mass is 277 g/mol. The highest BCUT2D eigenvalue weighted by atomic mass is 35.5. The number of hydroxylamine groups is 2. The fourth-order valence-corrected chi connectivity index (χ4v) is 1.55. The van der Waals surface area contributed by atoms with E-state index in [4.69, 9.17) is 11.6 Å². The number of hydrogen-bond donors (Lipinski definition) is 1. The van der Waals surface area contributed by atoms with Crippen molar-refractivity contribution in [3.05, 3.63) is 46.7 Å². The minimum Gasteiger partial charge on any atom is -0.288 e. The fraction of sp³-hybridized carbons (Fsp3) is 0.286. The largest absolute Gasteiger partial charge is 0.288 e. The van der Waals surface area contributed by atoms with Gasteiger partial charge in [0.15, 0.2) is 5.84 Å². The Morgan fingerprint density at radius 3 is 2.42 bits per heavy atom. The van der Waals surface area contributed by atoms with Gasteiger partial charge in [0.1, 0.15) is 5.70 Å². The Morgan fingerprint density at radius 2 is 1.84 bits per heavy atom. The summed E-state index contributed by atoms with van der Waals surface area (Å²) in [5.41, 5.74) is 1.13. The highest BCUT2D eigenvalue weighted by Crippen LogP contribution is 2.17. The number of nitrogens with zero attached hydrogens (tertiary/aromatic N) is 3. The molecule has 0 atom stereocenters. The molecule has 0 bridgehead atoms. The van der Waals surface area contributed by atoms with Crippen LogP contribution in [0.15, 0.2) is 46.1 Å². The van der Waals surface area contributed by atoms with E-state index in [2.05, 4.69) is 9.98 Å². The molecule has 0 unspecified atom stereocenters. The molecule has 1 N–H and O–H groups in total. The summed E-state index contributed by atoms with van der Waals surface area (Å²) in [5, 5.41) is 11.7. The summed E-state index contributed by atoms with van der Waals surface area (Å²) in [7, 11) is 0. The molecule has 1 aromatic carbocycles. The highest BCUT2D eigenvalue weighted by molar-refractivity contribution is 6.30. The SMILES string of the molecule is CC(C)(C)N(O)C=C1C=NC(c2ccc(Cl)cc2)=N1. The number of allylic oxidation sites excluding steroid dienone is 1. The smallest absolute Gasteiger partial charge is 0.159 e. The van der Waals surface area contributed by atoms with E-state index in [0.29, 0.717) is 16.6 Å². The third-order valence-corrected chi connectivity index (χ3v) is 2.85. The maximum atomic E-state index is 9.85. The molecule has 5 heteroatoms. The number of benzene rings is 1. The lowest BCUT2D eigenvalue weighted by atomic mass is 10.1. The molecule has 4 nitrogen and oxygen atoms in total. The zero-order chi connectivity index (χ0) is 14.0. The first-order chi connectivity index (χ1) is 8.86. The van der Waals surface area contributed by atoms with Crippen LogP contribution in [0.25, 0.3) is 0 Å².